The Morgan fingerprint density at radius 1 is 1.43 bits per heavy atom. The van der Waals surface area contributed by atoms with Crippen molar-refractivity contribution in [3.63, 3.8) is 0 Å². The van der Waals surface area contributed by atoms with Crippen LogP contribution in [0.15, 0.2) is 42.9 Å². The van der Waals surface area contributed by atoms with E-state index in [2.05, 4.69) is 15.3 Å². The Labute approximate surface area is 162 Å². The van der Waals surface area contributed by atoms with Gasteiger partial charge in [-0.15, -0.1) is 0 Å². The molecule has 4 N–H and O–H groups in total. The Morgan fingerprint density at radius 2 is 2.29 bits per heavy atom. The summed E-state index contributed by atoms with van der Waals surface area (Å²) in [6.07, 6.45) is 5.20. The Kier molecular flexibility index (Phi) is 5.94. The van der Waals surface area contributed by atoms with Crippen molar-refractivity contribution >= 4 is 23.5 Å². The van der Waals surface area contributed by atoms with Gasteiger partial charge >= 0.3 is 0 Å². The van der Waals surface area contributed by atoms with E-state index in [0.29, 0.717) is 30.2 Å². The van der Waals surface area contributed by atoms with Crippen LogP contribution in [0.5, 0.6) is 0 Å². The minimum Gasteiger partial charge on any atom is -0.404 e. The number of carbonyl (C=O) groups is 1. The fourth-order valence-corrected chi connectivity index (χ4v) is 2.77. The second kappa shape index (κ2) is 8.75. The van der Waals surface area contributed by atoms with Crippen LogP contribution in [0.25, 0.3) is 16.8 Å². The molecule has 1 aliphatic heterocycles. The fourth-order valence-electron chi connectivity index (χ4n) is 2.77. The Bertz CT molecular complexity index is 951. The first kappa shape index (κ1) is 19.0. The van der Waals surface area contributed by atoms with Crippen LogP contribution in [0.3, 0.4) is 0 Å². The number of aromatic nitrogens is 2. The third-order valence-corrected chi connectivity index (χ3v) is 4.25. The van der Waals surface area contributed by atoms with Gasteiger partial charge in [-0.2, -0.15) is 5.26 Å². The highest BCUT2D eigenvalue weighted by Crippen LogP contribution is 2.23. The normalized spacial score (nSPS) is 16.9. The first-order valence-electron chi connectivity index (χ1n) is 8.57. The van der Waals surface area contributed by atoms with Gasteiger partial charge in [0.25, 0.3) is 5.91 Å². The maximum absolute atomic E-state index is 12.4. The van der Waals surface area contributed by atoms with Gasteiger partial charge < -0.3 is 26.1 Å². The molecule has 1 atom stereocenters. The summed E-state index contributed by atoms with van der Waals surface area (Å²) in [5.74, 6) is -0.0322. The maximum Gasteiger partial charge on any atom is 0.256 e. The number of hydrogen-bond donors (Lipinski definition) is 3. The summed E-state index contributed by atoms with van der Waals surface area (Å²) in [4.78, 5) is 22.2. The highest BCUT2D eigenvalue weighted by Gasteiger charge is 2.26. The number of nitrogens with two attached hydrogens (primary N) is 1. The Hall–Kier alpha value is -3.77. The molecule has 1 saturated heterocycles. The van der Waals surface area contributed by atoms with Crippen LogP contribution in [-0.4, -0.2) is 52.8 Å². The minimum atomic E-state index is -0.736. The number of ether oxygens (including phenoxy) is 1. The molecule has 3 rings (SSSR count). The lowest BCUT2D eigenvalue weighted by Crippen LogP contribution is -2.46. The Morgan fingerprint density at radius 3 is 3.04 bits per heavy atom. The SMILES string of the molecule is N#CN1CCOC(C(=O)Nc2cc(-c3cccc(/C(C=N)=C/N)c3)ncn2)C1. The first-order chi connectivity index (χ1) is 13.6. The van der Waals surface area contributed by atoms with Gasteiger partial charge in [-0.1, -0.05) is 18.2 Å². The predicted molar refractivity (Wildman–Crippen MR) is 104 cm³/mol. The number of rotatable bonds is 5. The largest absolute Gasteiger partial charge is 0.404 e. The molecule has 1 aromatic carbocycles. The number of nitrogens with zero attached hydrogens (tertiary/aromatic N) is 4. The zero-order valence-corrected chi connectivity index (χ0v) is 15.0. The van der Waals surface area contributed by atoms with E-state index < -0.39 is 6.10 Å². The van der Waals surface area contributed by atoms with E-state index in [0.717, 1.165) is 11.1 Å². The summed E-state index contributed by atoms with van der Waals surface area (Å²) in [7, 11) is 0. The van der Waals surface area contributed by atoms with E-state index in [4.69, 9.17) is 21.1 Å². The lowest BCUT2D eigenvalue weighted by atomic mass is 10.0. The summed E-state index contributed by atoms with van der Waals surface area (Å²) in [5, 5.41) is 19.1. The number of anilines is 1. The van der Waals surface area contributed by atoms with E-state index in [1.807, 2.05) is 30.5 Å². The number of amides is 1. The quantitative estimate of drug-likeness (QED) is 0.525. The van der Waals surface area contributed by atoms with Crippen LogP contribution in [0.1, 0.15) is 5.56 Å². The lowest BCUT2D eigenvalue weighted by molar-refractivity contribution is -0.131. The molecule has 9 heteroatoms. The van der Waals surface area contributed by atoms with Gasteiger partial charge in [0.1, 0.15) is 12.1 Å². The van der Waals surface area contributed by atoms with Gasteiger partial charge in [0.2, 0.25) is 0 Å². The second-order valence-corrected chi connectivity index (χ2v) is 6.03. The number of nitriles is 1. The average molecular weight is 377 g/mol. The van der Waals surface area contributed by atoms with Crippen LogP contribution < -0.4 is 11.1 Å². The maximum atomic E-state index is 12.4. The molecular formula is C19H19N7O2. The molecule has 1 amide bonds. The predicted octanol–water partition coefficient (Wildman–Crippen LogP) is 1.21. The molecule has 1 unspecified atom stereocenters. The molecule has 28 heavy (non-hydrogen) atoms. The highest BCUT2D eigenvalue weighted by atomic mass is 16.5. The van der Waals surface area contributed by atoms with Crippen molar-refractivity contribution in [1.29, 1.82) is 10.7 Å². The molecule has 0 aliphatic carbocycles. The molecule has 0 spiro atoms. The molecule has 1 aromatic heterocycles. The summed E-state index contributed by atoms with van der Waals surface area (Å²) >= 11 is 0. The molecule has 2 heterocycles. The molecule has 2 aromatic rings. The van der Waals surface area contributed by atoms with E-state index in [9.17, 15) is 4.79 Å². The smallest absolute Gasteiger partial charge is 0.256 e. The van der Waals surface area contributed by atoms with Crippen molar-refractivity contribution in [2.45, 2.75) is 6.10 Å². The zero-order chi connectivity index (χ0) is 19.9. The molecule has 0 bridgehead atoms. The highest BCUT2D eigenvalue weighted by molar-refractivity contribution is 6.08. The van der Waals surface area contributed by atoms with E-state index in [1.54, 1.807) is 6.07 Å². The number of nitrogens with one attached hydrogen (secondary N) is 2. The first-order valence-corrected chi connectivity index (χ1v) is 8.57. The third-order valence-electron chi connectivity index (χ3n) is 4.25. The van der Waals surface area contributed by atoms with Crippen molar-refractivity contribution in [1.82, 2.24) is 14.9 Å². The summed E-state index contributed by atoms with van der Waals surface area (Å²) in [6, 6.07) is 9.05. The van der Waals surface area contributed by atoms with Crippen molar-refractivity contribution in [2.24, 2.45) is 5.73 Å². The number of allylic oxidation sites excluding steroid dienone is 1. The fraction of sp³-hybridized carbons (Fsp3) is 0.211. The summed E-state index contributed by atoms with van der Waals surface area (Å²) in [5.41, 5.74) is 8.32. The van der Waals surface area contributed by atoms with Crippen molar-refractivity contribution < 1.29 is 9.53 Å². The van der Waals surface area contributed by atoms with Crippen LogP contribution in [0.2, 0.25) is 0 Å². The molecule has 142 valence electrons. The molecular weight excluding hydrogens is 358 g/mol. The number of hydrogen-bond acceptors (Lipinski definition) is 8. The molecule has 0 saturated carbocycles. The lowest BCUT2D eigenvalue weighted by Gasteiger charge is -2.28. The van der Waals surface area contributed by atoms with Crippen molar-refractivity contribution in [3.05, 3.63) is 48.4 Å². The van der Waals surface area contributed by atoms with Gasteiger partial charge in [0, 0.05) is 29.6 Å². The monoisotopic (exact) mass is 377 g/mol. The van der Waals surface area contributed by atoms with Crippen LogP contribution >= 0.6 is 0 Å². The van der Waals surface area contributed by atoms with E-state index in [-0.39, 0.29) is 12.5 Å². The standard InChI is InChI=1S/C19H19N7O2/c20-8-15(9-21)13-2-1-3-14(6-13)16-7-18(24-12-23-16)25-19(27)17-10-26(11-22)4-5-28-17/h1-3,6-9,12,17,20H,4-5,10,21H2,(H,23,24,25,27)/b15-9+,20-8?. The molecule has 9 nitrogen and oxygen atoms in total. The van der Waals surface area contributed by atoms with Gasteiger partial charge in [-0.3, -0.25) is 4.79 Å². The topological polar surface area (TPSA) is 141 Å². The van der Waals surface area contributed by atoms with Crippen LogP contribution in [0.4, 0.5) is 5.82 Å². The summed E-state index contributed by atoms with van der Waals surface area (Å²) in [6.45, 7) is 1.00. The number of benzene rings is 1. The van der Waals surface area contributed by atoms with Crippen molar-refractivity contribution in [3.8, 4) is 17.5 Å². The van der Waals surface area contributed by atoms with Crippen molar-refractivity contribution in [2.75, 3.05) is 25.0 Å². The van der Waals surface area contributed by atoms with E-state index >= 15 is 0 Å². The van der Waals surface area contributed by atoms with Gasteiger partial charge in [0.05, 0.1) is 25.4 Å². The molecule has 0 radical (unpaired) electrons. The molecule has 1 aliphatic rings. The Balaban J connectivity index is 1.78. The van der Waals surface area contributed by atoms with Gasteiger partial charge in [-0.25, -0.2) is 9.97 Å². The van der Waals surface area contributed by atoms with Crippen LogP contribution in [-0.2, 0) is 9.53 Å². The van der Waals surface area contributed by atoms with E-state index in [1.165, 1.54) is 23.6 Å². The number of morpholine rings is 1. The number of carbonyl (C=O) groups excluding carboxylic acids is 1. The molecule has 1 fully saturated rings. The van der Waals surface area contributed by atoms with Gasteiger partial charge in [-0.05, 0) is 11.6 Å². The average Bonchev–Trinajstić information content (AvgIpc) is 2.75. The second-order valence-electron chi connectivity index (χ2n) is 6.03. The van der Waals surface area contributed by atoms with Gasteiger partial charge in [0.15, 0.2) is 12.3 Å². The summed E-state index contributed by atoms with van der Waals surface area (Å²) < 4.78 is 5.44. The third kappa shape index (κ3) is 4.31. The zero-order valence-electron chi connectivity index (χ0n) is 15.0. The minimum absolute atomic E-state index is 0.208. The van der Waals surface area contributed by atoms with Crippen LogP contribution in [0, 0.1) is 16.9 Å².